The van der Waals surface area contributed by atoms with Gasteiger partial charge in [-0.1, -0.05) is 40.2 Å². The zero-order chi connectivity index (χ0) is 19.3. The summed E-state index contributed by atoms with van der Waals surface area (Å²) in [4.78, 5) is 13.2. The fraction of sp³-hybridized carbons (Fsp3) is 0.409. The van der Waals surface area contributed by atoms with Gasteiger partial charge in [-0.15, -0.1) is 11.8 Å². The minimum atomic E-state index is -0.748. The van der Waals surface area contributed by atoms with Crippen LogP contribution in [0, 0.1) is 0 Å². The third-order valence-electron chi connectivity index (χ3n) is 6.31. The van der Waals surface area contributed by atoms with Crippen LogP contribution in [0.5, 0.6) is 5.75 Å². The summed E-state index contributed by atoms with van der Waals surface area (Å²) in [5, 5.41) is 6.69. The molecule has 1 saturated heterocycles. The van der Waals surface area contributed by atoms with Gasteiger partial charge in [0.05, 0.1) is 0 Å². The first-order chi connectivity index (χ1) is 13.6. The molecule has 6 heteroatoms. The van der Waals surface area contributed by atoms with Crippen LogP contribution < -0.4 is 15.4 Å². The lowest BCUT2D eigenvalue weighted by Crippen LogP contribution is -2.52. The van der Waals surface area contributed by atoms with Crippen molar-refractivity contribution in [3.05, 3.63) is 63.6 Å². The lowest BCUT2D eigenvalue weighted by Gasteiger charge is -2.42. The van der Waals surface area contributed by atoms with E-state index in [0.717, 1.165) is 35.0 Å². The Balaban J connectivity index is 1.59. The van der Waals surface area contributed by atoms with Crippen LogP contribution in [0.2, 0.25) is 0 Å². The Morgan fingerprint density at radius 3 is 2.93 bits per heavy atom. The third kappa shape index (κ3) is 2.88. The quantitative estimate of drug-likeness (QED) is 0.704. The van der Waals surface area contributed by atoms with Crippen LogP contribution in [-0.2, 0) is 16.8 Å². The van der Waals surface area contributed by atoms with Crippen molar-refractivity contribution in [2.45, 2.75) is 48.7 Å². The number of fused-ring (bicyclic) bond motifs is 3. The van der Waals surface area contributed by atoms with E-state index in [1.165, 1.54) is 11.1 Å². The molecule has 2 N–H and O–H groups in total. The summed E-state index contributed by atoms with van der Waals surface area (Å²) in [5.41, 5.74) is 2.90. The van der Waals surface area contributed by atoms with Crippen molar-refractivity contribution in [3.63, 3.8) is 0 Å². The monoisotopic (exact) mass is 458 g/mol. The van der Waals surface area contributed by atoms with E-state index in [2.05, 4.69) is 50.8 Å². The van der Waals surface area contributed by atoms with Crippen LogP contribution in [0.3, 0.4) is 0 Å². The topological polar surface area (TPSA) is 50.4 Å². The van der Waals surface area contributed by atoms with E-state index < -0.39 is 5.54 Å². The Labute approximate surface area is 177 Å². The molecule has 2 heterocycles. The standard InChI is InChI=1S/C22H23BrN2O2S/c1-28-21-24-20(26)22(25-21)12-19(27-18-10-9-14(23)11-17(18)22)16-8-4-6-13-5-2-3-7-15(13)16/h2-3,5,7,9-11,16,19,21,25H,4,6,8,12H2,1H3,(H,24,26). The van der Waals surface area contributed by atoms with Crippen molar-refractivity contribution in [1.82, 2.24) is 10.6 Å². The number of hydrogen-bond donors (Lipinski definition) is 2. The van der Waals surface area contributed by atoms with Gasteiger partial charge in [-0.05, 0) is 54.8 Å². The summed E-state index contributed by atoms with van der Waals surface area (Å²) < 4.78 is 7.50. The minimum Gasteiger partial charge on any atom is -0.489 e. The predicted octanol–water partition coefficient (Wildman–Crippen LogP) is 4.28. The largest absolute Gasteiger partial charge is 0.489 e. The van der Waals surface area contributed by atoms with Crippen molar-refractivity contribution in [2.75, 3.05) is 6.26 Å². The zero-order valence-corrected chi connectivity index (χ0v) is 18.1. The fourth-order valence-electron chi connectivity index (χ4n) is 4.99. The van der Waals surface area contributed by atoms with Gasteiger partial charge in [0.25, 0.3) is 0 Å². The van der Waals surface area contributed by atoms with Gasteiger partial charge in [0.1, 0.15) is 22.9 Å². The molecular formula is C22H23BrN2O2S. The van der Waals surface area contributed by atoms with Crippen molar-refractivity contribution < 1.29 is 9.53 Å². The maximum absolute atomic E-state index is 13.2. The molecule has 146 valence electrons. The van der Waals surface area contributed by atoms with Crippen LogP contribution in [0.25, 0.3) is 0 Å². The molecule has 1 amide bonds. The van der Waals surface area contributed by atoms with Crippen LogP contribution in [-0.4, -0.2) is 23.8 Å². The molecule has 3 aliphatic rings. The SMILES string of the molecule is CSC1NC(=O)C2(CC(C3CCCc4ccccc43)Oc3ccc(Br)cc32)N1. The van der Waals surface area contributed by atoms with E-state index in [4.69, 9.17) is 4.74 Å². The highest BCUT2D eigenvalue weighted by Crippen LogP contribution is 2.48. The average molecular weight is 459 g/mol. The molecule has 1 spiro atoms. The molecule has 4 unspecified atom stereocenters. The van der Waals surface area contributed by atoms with Gasteiger partial charge in [0.2, 0.25) is 5.91 Å². The number of halogens is 1. The lowest BCUT2D eigenvalue weighted by atomic mass is 9.73. The molecule has 0 radical (unpaired) electrons. The number of nitrogens with one attached hydrogen (secondary N) is 2. The number of hydrogen-bond acceptors (Lipinski definition) is 4. The van der Waals surface area contributed by atoms with Crippen molar-refractivity contribution in [1.29, 1.82) is 0 Å². The summed E-state index contributed by atoms with van der Waals surface area (Å²) in [5.74, 6) is 1.16. The van der Waals surface area contributed by atoms with Crippen molar-refractivity contribution in [3.8, 4) is 5.75 Å². The summed E-state index contributed by atoms with van der Waals surface area (Å²) in [6.07, 6.45) is 5.99. The van der Waals surface area contributed by atoms with Gasteiger partial charge in [0.15, 0.2) is 0 Å². The highest BCUT2D eigenvalue weighted by Gasteiger charge is 2.54. The number of ether oxygens (including phenoxy) is 1. The van der Waals surface area contributed by atoms with E-state index in [0.29, 0.717) is 12.3 Å². The Morgan fingerprint density at radius 1 is 1.25 bits per heavy atom. The fourth-order valence-corrected chi connectivity index (χ4v) is 5.90. The first-order valence-electron chi connectivity index (χ1n) is 9.77. The smallest absolute Gasteiger partial charge is 0.247 e. The Bertz CT molecular complexity index is 937. The highest BCUT2D eigenvalue weighted by atomic mass is 79.9. The molecule has 0 bridgehead atoms. The molecule has 28 heavy (non-hydrogen) atoms. The van der Waals surface area contributed by atoms with E-state index >= 15 is 0 Å². The van der Waals surface area contributed by atoms with Gasteiger partial charge in [0, 0.05) is 22.4 Å². The molecule has 4 atom stereocenters. The second-order valence-corrected chi connectivity index (χ2v) is 9.70. The molecule has 0 aromatic heterocycles. The van der Waals surface area contributed by atoms with E-state index in [-0.39, 0.29) is 17.5 Å². The molecule has 2 aliphatic heterocycles. The molecule has 4 nitrogen and oxygen atoms in total. The Morgan fingerprint density at radius 2 is 2.11 bits per heavy atom. The summed E-state index contributed by atoms with van der Waals surface area (Å²) in [7, 11) is 0. The van der Waals surface area contributed by atoms with Gasteiger partial charge in [-0.3, -0.25) is 10.1 Å². The lowest BCUT2D eigenvalue weighted by molar-refractivity contribution is -0.126. The predicted molar refractivity (Wildman–Crippen MR) is 116 cm³/mol. The Kier molecular flexibility index (Phi) is 4.68. The first kappa shape index (κ1) is 18.5. The first-order valence-corrected chi connectivity index (χ1v) is 11.8. The highest BCUT2D eigenvalue weighted by molar-refractivity contribution is 9.10. The summed E-state index contributed by atoms with van der Waals surface area (Å²) in [6, 6.07) is 14.7. The molecule has 5 rings (SSSR count). The van der Waals surface area contributed by atoms with Crippen molar-refractivity contribution >= 4 is 33.6 Å². The third-order valence-corrected chi connectivity index (χ3v) is 7.52. The second-order valence-electron chi connectivity index (χ2n) is 7.84. The second kappa shape index (κ2) is 7.08. The normalized spacial score (nSPS) is 31.1. The molecule has 2 aromatic carbocycles. The zero-order valence-electron chi connectivity index (χ0n) is 15.7. The van der Waals surface area contributed by atoms with Crippen molar-refractivity contribution in [2.24, 2.45) is 0 Å². The molecule has 1 fully saturated rings. The molecular weight excluding hydrogens is 436 g/mol. The number of rotatable bonds is 2. The van der Waals surface area contributed by atoms with Crippen LogP contribution in [0.4, 0.5) is 0 Å². The van der Waals surface area contributed by atoms with Gasteiger partial charge < -0.3 is 10.1 Å². The number of amides is 1. The van der Waals surface area contributed by atoms with Gasteiger partial charge >= 0.3 is 0 Å². The van der Waals surface area contributed by atoms with E-state index in [1.807, 2.05) is 24.5 Å². The van der Waals surface area contributed by atoms with E-state index in [1.54, 1.807) is 11.8 Å². The number of carbonyl (C=O) groups is 1. The molecule has 1 aliphatic carbocycles. The average Bonchev–Trinajstić information content (AvgIpc) is 3.04. The molecule has 2 aromatic rings. The maximum atomic E-state index is 13.2. The summed E-state index contributed by atoms with van der Waals surface area (Å²) >= 11 is 5.18. The van der Waals surface area contributed by atoms with Gasteiger partial charge in [-0.2, -0.15) is 0 Å². The number of thioether (sulfide) groups is 1. The van der Waals surface area contributed by atoms with Gasteiger partial charge in [-0.25, -0.2) is 0 Å². The number of aryl methyl sites for hydroxylation is 1. The summed E-state index contributed by atoms with van der Waals surface area (Å²) in [6.45, 7) is 0. The minimum absolute atomic E-state index is 0.0334. The van der Waals surface area contributed by atoms with Crippen LogP contribution >= 0.6 is 27.7 Å². The van der Waals surface area contributed by atoms with Crippen LogP contribution in [0.15, 0.2) is 46.9 Å². The Hall–Kier alpha value is -1.50. The maximum Gasteiger partial charge on any atom is 0.247 e. The number of benzene rings is 2. The number of carbonyl (C=O) groups excluding carboxylic acids is 1. The van der Waals surface area contributed by atoms with E-state index in [9.17, 15) is 4.79 Å². The van der Waals surface area contributed by atoms with Crippen LogP contribution in [0.1, 0.15) is 41.9 Å². The molecule has 0 saturated carbocycles.